The maximum atomic E-state index is 11.7. The van der Waals surface area contributed by atoms with E-state index in [1.54, 1.807) is 13.8 Å². The predicted molar refractivity (Wildman–Crippen MR) is 57.4 cm³/mol. The topological polar surface area (TPSA) is 81.2 Å². The van der Waals surface area contributed by atoms with Crippen LogP contribution in [-0.2, 0) is 4.79 Å². The minimum Gasteiger partial charge on any atom is -0.338 e. The molecule has 0 aromatic carbocycles. The number of anilines is 1. The Labute approximate surface area is 89.0 Å². The Kier molecular flexibility index (Phi) is 3.14. The number of rotatable bonds is 3. The molecule has 0 saturated carbocycles. The molecule has 0 fully saturated rings. The second-order valence-electron chi connectivity index (χ2n) is 4.26. The largest absolute Gasteiger partial charge is 0.338 e. The molecule has 1 aromatic heterocycles. The highest BCUT2D eigenvalue weighted by Gasteiger charge is 2.27. The average molecular weight is 211 g/mol. The summed E-state index contributed by atoms with van der Waals surface area (Å²) in [5, 5.41) is 6.43. The van der Waals surface area contributed by atoms with Crippen molar-refractivity contribution in [1.82, 2.24) is 5.16 Å². The molecule has 5 heteroatoms. The number of aryl methyl sites for hydroxylation is 1. The molecule has 0 aliphatic carbocycles. The van der Waals surface area contributed by atoms with E-state index in [1.807, 2.05) is 13.8 Å². The van der Waals surface area contributed by atoms with Gasteiger partial charge in [-0.25, -0.2) is 0 Å². The highest BCUT2D eigenvalue weighted by Crippen LogP contribution is 2.21. The fraction of sp³-hybridized carbons (Fsp3) is 0.600. The molecule has 1 rings (SSSR count). The zero-order valence-corrected chi connectivity index (χ0v) is 9.55. The molecule has 0 aliphatic heterocycles. The molecular formula is C10H17N3O2. The van der Waals surface area contributed by atoms with E-state index in [0.717, 1.165) is 11.3 Å². The van der Waals surface area contributed by atoms with E-state index in [-0.39, 0.29) is 12.5 Å². The molecule has 84 valence electrons. The summed E-state index contributed by atoms with van der Waals surface area (Å²) in [6.07, 6.45) is 0. The van der Waals surface area contributed by atoms with Crippen LogP contribution in [0.15, 0.2) is 4.52 Å². The molecule has 0 aliphatic rings. The van der Waals surface area contributed by atoms with Crippen LogP contribution in [0.4, 0.5) is 5.88 Å². The van der Waals surface area contributed by atoms with Crippen LogP contribution in [0.1, 0.15) is 25.1 Å². The van der Waals surface area contributed by atoms with E-state index in [4.69, 9.17) is 10.3 Å². The van der Waals surface area contributed by atoms with Gasteiger partial charge in [-0.3, -0.25) is 10.1 Å². The monoisotopic (exact) mass is 211 g/mol. The summed E-state index contributed by atoms with van der Waals surface area (Å²) in [6.45, 7) is 7.51. The van der Waals surface area contributed by atoms with Gasteiger partial charge in [0.15, 0.2) is 0 Å². The number of carbonyl (C=O) groups excluding carboxylic acids is 1. The Hall–Kier alpha value is -1.36. The van der Waals surface area contributed by atoms with Crippen molar-refractivity contribution < 1.29 is 9.32 Å². The standard InChI is InChI=1S/C10H17N3O2/c1-6-7(2)13-15-8(6)12-9(14)10(3,4)5-11/h5,11H2,1-4H3,(H,12,14). The Morgan fingerprint density at radius 1 is 1.53 bits per heavy atom. The van der Waals surface area contributed by atoms with Gasteiger partial charge in [0, 0.05) is 12.1 Å². The number of carbonyl (C=O) groups is 1. The van der Waals surface area contributed by atoms with E-state index in [0.29, 0.717) is 5.88 Å². The summed E-state index contributed by atoms with van der Waals surface area (Å²) >= 11 is 0. The first-order valence-corrected chi connectivity index (χ1v) is 4.83. The van der Waals surface area contributed by atoms with Crippen LogP contribution in [0.2, 0.25) is 0 Å². The van der Waals surface area contributed by atoms with Gasteiger partial charge in [0.25, 0.3) is 0 Å². The molecule has 0 atom stereocenters. The number of hydrogen-bond donors (Lipinski definition) is 2. The molecule has 0 saturated heterocycles. The summed E-state index contributed by atoms with van der Waals surface area (Å²) in [5.74, 6) is 0.239. The molecule has 1 amide bonds. The van der Waals surface area contributed by atoms with Crippen molar-refractivity contribution in [2.75, 3.05) is 11.9 Å². The van der Waals surface area contributed by atoms with Crippen molar-refractivity contribution in [3.63, 3.8) is 0 Å². The van der Waals surface area contributed by atoms with Gasteiger partial charge < -0.3 is 10.3 Å². The fourth-order valence-electron chi connectivity index (χ4n) is 0.897. The van der Waals surface area contributed by atoms with E-state index in [1.165, 1.54) is 0 Å². The zero-order valence-electron chi connectivity index (χ0n) is 9.55. The molecular weight excluding hydrogens is 194 g/mol. The first-order valence-electron chi connectivity index (χ1n) is 4.83. The lowest BCUT2D eigenvalue weighted by Gasteiger charge is -2.20. The van der Waals surface area contributed by atoms with Gasteiger partial charge in [-0.15, -0.1) is 0 Å². The highest BCUT2D eigenvalue weighted by atomic mass is 16.5. The Morgan fingerprint density at radius 3 is 2.53 bits per heavy atom. The SMILES string of the molecule is Cc1noc(NC(=O)C(C)(C)CN)c1C. The third kappa shape index (κ3) is 2.36. The van der Waals surface area contributed by atoms with Gasteiger partial charge in [0.2, 0.25) is 11.8 Å². The Bertz CT molecular complexity index is 369. The van der Waals surface area contributed by atoms with Crippen molar-refractivity contribution in [3.05, 3.63) is 11.3 Å². The van der Waals surface area contributed by atoms with Crippen LogP contribution in [0.3, 0.4) is 0 Å². The number of hydrogen-bond acceptors (Lipinski definition) is 4. The van der Waals surface area contributed by atoms with E-state index in [2.05, 4.69) is 10.5 Å². The average Bonchev–Trinajstić information content (AvgIpc) is 2.49. The van der Waals surface area contributed by atoms with Crippen LogP contribution >= 0.6 is 0 Å². The Morgan fingerprint density at radius 2 is 2.13 bits per heavy atom. The maximum absolute atomic E-state index is 11.7. The maximum Gasteiger partial charge on any atom is 0.234 e. The minimum absolute atomic E-state index is 0.163. The second-order valence-corrected chi connectivity index (χ2v) is 4.26. The molecule has 5 nitrogen and oxygen atoms in total. The Balaban J connectivity index is 2.79. The summed E-state index contributed by atoms with van der Waals surface area (Å²) in [5.41, 5.74) is 6.51. The fourth-order valence-corrected chi connectivity index (χ4v) is 0.897. The van der Waals surface area contributed by atoms with E-state index < -0.39 is 5.41 Å². The van der Waals surface area contributed by atoms with Crippen LogP contribution in [-0.4, -0.2) is 17.6 Å². The molecule has 3 N–H and O–H groups in total. The minimum atomic E-state index is -0.604. The molecule has 0 bridgehead atoms. The molecule has 0 spiro atoms. The van der Waals surface area contributed by atoms with E-state index in [9.17, 15) is 4.79 Å². The number of nitrogens with one attached hydrogen (secondary N) is 1. The van der Waals surface area contributed by atoms with Crippen LogP contribution in [0, 0.1) is 19.3 Å². The van der Waals surface area contributed by atoms with Crippen LogP contribution in [0.5, 0.6) is 0 Å². The summed E-state index contributed by atoms with van der Waals surface area (Å²) in [7, 11) is 0. The molecule has 15 heavy (non-hydrogen) atoms. The van der Waals surface area contributed by atoms with Gasteiger partial charge in [0.05, 0.1) is 11.1 Å². The molecule has 1 aromatic rings. The summed E-state index contributed by atoms with van der Waals surface area (Å²) in [4.78, 5) is 11.7. The zero-order chi connectivity index (χ0) is 11.6. The van der Waals surface area contributed by atoms with Crippen LogP contribution < -0.4 is 11.1 Å². The predicted octanol–water partition coefficient (Wildman–Crippen LogP) is 1.21. The van der Waals surface area contributed by atoms with Crippen molar-refractivity contribution >= 4 is 11.8 Å². The van der Waals surface area contributed by atoms with Crippen molar-refractivity contribution in [2.24, 2.45) is 11.1 Å². The molecule has 0 radical (unpaired) electrons. The first-order chi connectivity index (χ1) is 6.88. The third-order valence-electron chi connectivity index (χ3n) is 2.51. The lowest BCUT2D eigenvalue weighted by atomic mass is 9.93. The van der Waals surface area contributed by atoms with Crippen molar-refractivity contribution in [3.8, 4) is 0 Å². The van der Waals surface area contributed by atoms with E-state index >= 15 is 0 Å². The van der Waals surface area contributed by atoms with Gasteiger partial charge in [0.1, 0.15) is 0 Å². The number of nitrogens with two attached hydrogens (primary N) is 1. The normalized spacial score (nSPS) is 11.5. The summed E-state index contributed by atoms with van der Waals surface area (Å²) in [6, 6.07) is 0. The summed E-state index contributed by atoms with van der Waals surface area (Å²) < 4.78 is 4.98. The van der Waals surface area contributed by atoms with Gasteiger partial charge in [-0.2, -0.15) is 0 Å². The second kappa shape index (κ2) is 4.02. The highest BCUT2D eigenvalue weighted by molar-refractivity contribution is 5.94. The quantitative estimate of drug-likeness (QED) is 0.787. The molecule has 0 unspecified atom stereocenters. The van der Waals surface area contributed by atoms with Gasteiger partial charge >= 0.3 is 0 Å². The van der Waals surface area contributed by atoms with Crippen molar-refractivity contribution in [2.45, 2.75) is 27.7 Å². The first kappa shape index (κ1) is 11.7. The molecule has 1 heterocycles. The number of amides is 1. The lowest BCUT2D eigenvalue weighted by molar-refractivity contribution is -0.123. The van der Waals surface area contributed by atoms with Gasteiger partial charge in [-0.1, -0.05) is 5.16 Å². The number of nitrogens with zero attached hydrogens (tertiary/aromatic N) is 1. The van der Waals surface area contributed by atoms with Crippen molar-refractivity contribution in [1.29, 1.82) is 0 Å². The smallest absolute Gasteiger partial charge is 0.234 e. The third-order valence-corrected chi connectivity index (χ3v) is 2.51. The lowest BCUT2D eigenvalue weighted by Crippen LogP contribution is -2.37. The van der Waals surface area contributed by atoms with Crippen LogP contribution in [0.25, 0.3) is 0 Å². The number of aromatic nitrogens is 1. The van der Waals surface area contributed by atoms with Gasteiger partial charge in [-0.05, 0) is 27.7 Å².